The average molecular weight is 339 g/mol. The molecule has 4 rings (SSSR count). The first-order chi connectivity index (χ1) is 11.7. The highest BCUT2D eigenvalue weighted by molar-refractivity contribution is 7.08. The summed E-state index contributed by atoms with van der Waals surface area (Å²) in [6.07, 6.45) is 1.22. The zero-order chi connectivity index (χ0) is 16.5. The van der Waals surface area contributed by atoms with Gasteiger partial charge in [-0.3, -0.25) is 4.79 Å². The van der Waals surface area contributed by atoms with Crippen LogP contribution in [0.5, 0.6) is 0 Å². The van der Waals surface area contributed by atoms with Crippen molar-refractivity contribution >= 4 is 17.2 Å². The van der Waals surface area contributed by atoms with Crippen molar-refractivity contribution < 1.29 is 9.32 Å². The van der Waals surface area contributed by atoms with Gasteiger partial charge in [-0.1, -0.05) is 35.5 Å². The second-order valence-corrected chi connectivity index (χ2v) is 6.75. The number of carbonyl (C=O) groups is 1. The predicted octanol–water partition coefficient (Wildman–Crippen LogP) is 3.88. The number of likely N-dealkylation sites (tertiary alicyclic amines) is 1. The van der Waals surface area contributed by atoms with E-state index in [2.05, 4.69) is 10.1 Å². The summed E-state index contributed by atoms with van der Waals surface area (Å²) in [6.45, 7) is 0. The highest BCUT2D eigenvalue weighted by Crippen LogP contribution is 2.42. The largest absolute Gasteiger partial charge is 0.339 e. The second-order valence-electron chi connectivity index (χ2n) is 5.97. The quantitative estimate of drug-likeness (QED) is 0.727. The Kier molecular flexibility index (Phi) is 3.90. The molecule has 1 saturated heterocycles. The molecule has 122 valence electrons. The van der Waals surface area contributed by atoms with Crippen molar-refractivity contribution in [3.63, 3.8) is 0 Å². The Labute approximate surface area is 143 Å². The molecule has 0 aliphatic carbocycles. The first kappa shape index (κ1) is 15.1. The molecule has 0 saturated carbocycles. The van der Waals surface area contributed by atoms with Crippen molar-refractivity contribution in [3.8, 4) is 11.4 Å². The summed E-state index contributed by atoms with van der Waals surface area (Å²) in [5.41, 5.74) is 2.06. The smallest absolute Gasteiger partial charge is 0.232 e. The van der Waals surface area contributed by atoms with E-state index in [4.69, 9.17) is 4.52 Å². The van der Waals surface area contributed by atoms with Crippen molar-refractivity contribution in [3.05, 3.63) is 58.6 Å². The van der Waals surface area contributed by atoms with Crippen LogP contribution in [-0.2, 0) is 4.79 Å². The number of hydrogen-bond donors (Lipinski definition) is 0. The average Bonchev–Trinajstić information content (AvgIpc) is 3.29. The minimum Gasteiger partial charge on any atom is -0.339 e. The number of hydrogen-bond acceptors (Lipinski definition) is 5. The molecule has 0 spiro atoms. The Morgan fingerprint density at radius 2 is 2.08 bits per heavy atom. The number of nitrogens with zero attached hydrogens (tertiary/aromatic N) is 3. The van der Waals surface area contributed by atoms with Crippen molar-refractivity contribution in [1.82, 2.24) is 15.0 Å². The fraction of sp³-hybridized carbons (Fsp3) is 0.278. The third-order valence-corrected chi connectivity index (χ3v) is 5.22. The van der Waals surface area contributed by atoms with E-state index in [9.17, 15) is 4.79 Å². The first-order valence-electron chi connectivity index (χ1n) is 7.91. The van der Waals surface area contributed by atoms with Crippen molar-refractivity contribution in [2.45, 2.75) is 24.8 Å². The minimum atomic E-state index is -0.0803. The molecule has 5 nitrogen and oxygen atoms in total. The van der Waals surface area contributed by atoms with Crippen molar-refractivity contribution in [1.29, 1.82) is 0 Å². The molecule has 2 atom stereocenters. The zero-order valence-electron chi connectivity index (χ0n) is 13.3. The maximum atomic E-state index is 12.2. The van der Waals surface area contributed by atoms with E-state index >= 15 is 0 Å². The van der Waals surface area contributed by atoms with Gasteiger partial charge in [-0.25, -0.2) is 0 Å². The number of rotatable bonds is 3. The molecular weight excluding hydrogens is 322 g/mol. The van der Waals surface area contributed by atoms with Gasteiger partial charge in [0.05, 0.1) is 12.0 Å². The minimum absolute atomic E-state index is 0.00925. The third kappa shape index (κ3) is 2.63. The summed E-state index contributed by atoms with van der Waals surface area (Å²) in [6, 6.07) is 11.9. The molecule has 0 radical (unpaired) electrons. The maximum absolute atomic E-state index is 12.2. The van der Waals surface area contributed by atoms with Crippen molar-refractivity contribution in [2.24, 2.45) is 0 Å². The SMILES string of the molecule is CN1C(=O)CC[C@@H](c2nc(-c3ccsc3)no2)[C@H]1c1ccccc1. The third-order valence-electron chi connectivity index (χ3n) is 4.54. The number of aromatic nitrogens is 2. The van der Waals surface area contributed by atoms with Gasteiger partial charge in [0.1, 0.15) is 0 Å². The Morgan fingerprint density at radius 1 is 1.25 bits per heavy atom. The van der Waals surface area contributed by atoms with Gasteiger partial charge in [-0.2, -0.15) is 16.3 Å². The fourth-order valence-electron chi connectivity index (χ4n) is 3.30. The van der Waals surface area contributed by atoms with E-state index in [-0.39, 0.29) is 17.9 Å². The summed E-state index contributed by atoms with van der Waals surface area (Å²) in [5.74, 6) is 1.37. The summed E-state index contributed by atoms with van der Waals surface area (Å²) < 4.78 is 5.57. The van der Waals surface area contributed by atoms with Gasteiger partial charge in [0.15, 0.2) is 0 Å². The normalized spacial score (nSPS) is 21.2. The molecular formula is C18H17N3O2S. The number of amides is 1. The van der Waals surface area contributed by atoms with Gasteiger partial charge in [-0.05, 0) is 23.4 Å². The van der Waals surface area contributed by atoms with E-state index < -0.39 is 0 Å². The van der Waals surface area contributed by atoms with Gasteiger partial charge < -0.3 is 9.42 Å². The van der Waals surface area contributed by atoms with Crippen molar-refractivity contribution in [2.75, 3.05) is 7.05 Å². The molecule has 3 aromatic rings. The fourth-order valence-corrected chi connectivity index (χ4v) is 3.93. The van der Waals surface area contributed by atoms with Crippen LogP contribution in [0.4, 0.5) is 0 Å². The van der Waals surface area contributed by atoms with E-state index in [1.165, 1.54) is 0 Å². The summed E-state index contributed by atoms with van der Waals surface area (Å²) in [5, 5.41) is 8.11. The molecule has 1 aliphatic rings. The number of likely N-dealkylation sites (N-methyl/N-ethyl adjacent to an activating group) is 1. The highest BCUT2D eigenvalue weighted by atomic mass is 32.1. The Morgan fingerprint density at radius 3 is 2.83 bits per heavy atom. The predicted molar refractivity (Wildman–Crippen MR) is 91.5 cm³/mol. The van der Waals surface area contributed by atoms with E-state index in [0.29, 0.717) is 24.6 Å². The van der Waals surface area contributed by atoms with E-state index in [0.717, 1.165) is 11.1 Å². The number of thiophene rings is 1. The molecule has 2 aromatic heterocycles. The monoisotopic (exact) mass is 339 g/mol. The lowest BCUT2D eigenvalue weighted by atomic mass is 9.84. The van der Waals surface area contributed by atoms with Crippen LogP contribution in [0.2, 0.25) is 0 Å². The van der Waals surface area contributed by atoms with Crippen LogP contribution in [0.15, 0.2) is 51.7 Å². The molecule has 1 fully saturated rings. The van der Waals surface area contributed by atoms with E-state index in [1.54, 1.807) is 16.2 Å². The molecule has 3 heterocycles. The topological polar surface area (TPSA) is 59.2 Å². The van der Waals surface area contributed by atoms with Gasteiger partial charge in [0.25, 0.3) is 0 Å². The van der Waals surface area contributed by atoms with E-state index in [1.807, 2.05) is 54.2 Å². The lowest BCUT2D eigenvalue weighted by Crippen LogP contribution is -2.39. The molecule has 0 unspecified atom stereocenters. The maximum Gasteiger partial charge on any atom is 0.232 e. The standard InChI is InChI=1S/C18H17N3O2S/c1-21-15(22)8-7-14(16(21)12-5-3-2-4-6-12)18-19-17(20-23-18)13-9-10-24-11-13/h2-6,9-11,14,16H,7-8H2,1H3/t14-,16-/m1/s1. The highest BCUT2D eigenvalue weighted by Gasteiger charge is 2.38. The lowest BCUT2D eigenvalue weighted by Gasteiger charge is -2.37. The number of piperidine rings is 1. The van der Waals surface area contributed by atoms with Crippen LogP contribution in [0, 0.1) is 0 Å². The molecule has 0 N–H and O–H groups in total. The second kappa shape index (κ2) is 6.20. The van der Waals surface area contributed by atoms with Crippen LogP contribution in [0.1, 0.15) is 36.3 Å². The summed E-state index contributed by atoms with van der Waals surface area (Å²) in [4.78, 5) is 18.6. The van der Waals surface area contributed by atoms with Crippen LogP contribution in [0.25, 0.3) is 11.4 Å². The number of carbonyl (C=O) groups excluding carboxylic acids is 1. The molecule has 1 amide bonds. The molecule has 1 aliphatic heterocycles. The van der Waals surface area contributed by atoms with Gasteiger partial charge in [0, 0.05) is 24.4 Å². The van der Waals surface area contributed by atoms with Crippen LogP contribution in [-0.4, -0.2) is 28.0 Å². The summed E-state index contributed by atoms with van der Waals surface area (Å²) in [7, 11) is 1.85. The molecule has 0 bridgehead atoms. The van der Waals surface area contributed by atoms with Crippen LogP contribution < -0.4 is 0 Å². The van der Waals surface area contributed by atoms with Crippen LogP contribution in [0.3, 0.4) is 0 Å². The summed E-state index contributed by atoms with van der Waals surface area (Å²) >= 11 is 1.60. The molecule has 6 heteroatoms. The van der Waals surface area contributed by atoms with Gasteiger partial charge >= 0.3 is 0 Å². The van der Waals surface area contributed by atoms with Gasteiger partial charge in [0.2, 0.25) is 17.6 Å². The Hall–Kier alpha value is -2.47. The van der Waals surface area contributed by atoms with Gasteiger partial charge in [-0.15, -0.1) is 0 Å². The first-order valence-corrected chi connectivity index (χ1v) is 8.85. The Bertz CT molecular complexity index is 829. The zero-order valence-corrected chi connectivity index (χ0v) is 14.1. The number of benzene rings is 1. The lowest BCUT2D eigenvalue weighted by molar-refractivity contribution is -0.135. The van der Waals surface area contributed by atoms with Crippen LogP contribution >= 0.6 is 11.3 Å². The molecule has 24 heavy (non-hydrogen) atoms. The molecule has 1 aromatic carbocycles. The Balaban J connectivity index is 1.71.